The van der Waals surface area contributed by atoms with Crippen LogP contribution in [-0.2, 0) is 13.2 Å². The Morgan fingerprint density at radius 2 is 1.57 bits per heavy atom. The molecular formula is C18H15BrO2. The van der Waals surface area contributed by atoms with Crippen LogP contribution in [0.15, 0.2) is 65.1 Å². The number of hydrogen-bond donors (Lipinski definition) is 1. The van der Waals surface area contributed by atoms with Crippen LogP contribution in [0.3, 0.4) is 0 Å². The summed E-state index contributed by atoms with van der Waals surface area (Å²) in [6.07, 6.45) is 0. The largest absolute Gasteiger partial charge is 0.488 e. The van der Waals surface area contributed by atoms with Crippen molar-refractivity contribution in [2.45, 2.75) is 13.2 Å². The van der Waals surface area contributed by atoms with Gasteiger partial charge in [-0.15, -0.1) is 0 Å². The molecule has 0 atom stereocenters. The number of aliphatic hydroxyl groups is 1. The average molecular weight is 343 g/mol. The number of hydrogen-bond acceptors (Lipinski definition) is 2. The van der Waals surface area contributed by atoms with Gasteiger partial charge in [-0.1, -0.05) is 54.6 Å². The van der Waals surface area contributed by atoms with E-state index in [2.05, 4.69) is 15.9 Å². The fraction of sp³-hybridized carbons (Fsp3) is 0.111. The molecule has 0 heterocycles. The van der Waals surface area contributed by atoms with Crippen molar-refractivity contribution < 1.29 is 9.84 Å². The van der Waals surface area contributed by atoms with Crippen molar-refractivity contribution in [3.63, 3.8) is 0 Å². The molecule has 21 heavy (non-hydrogen) atoms. The SMILES string of the molecule is OCc1cc(OCc2ccccc2)c2ccccc2c1Br. The summed E-state index contributed by atoms with van der Waals surface area (Å²) < 4.78 is 6.89. The number of halogens is 1. The average Bonchev–Trinajstić information content (AvgIpc) is 2.55. The van der Waals surface area contributed by atoms with Gasteiger partial charge in [0, 0.05) is 9.86 Å². The van der Waals surface area contributed by atoms with E-state index in [0.717, 1.165) is 32.1 Å². The lowest BCUT2D eigenvalue weighted by atomic mass is 10.1. The molecule has 0 amide bonds. The molecule has 3 rings (SSSR count). The second-order valence-corrected chi connectivity index (χ2v) is 5.62. The highest BCUT2D eigenvalue weighted by molar-refractivity contribution is 9.10. The molecule has 0 aromatic heterocycles. The molecule has 0 saturated heterocycles. The predicted molar refractivity (Wildman–Crippen MR) is 88.3 cm³/mol. The normalized spacial score (nSPS) is 10.8. The van der Waals surface area contributed by atoms with Crippen molar-refractivity contribution in [1.82, 2.24) is 0 Å². The van der Waals surface area contributed by atoms with Gasteiger partial charge in [0.25, 0.3) is 0 Å². The lowest BCUT2D eigenvalue weighted by Gasteiger charge is -2.13. The minimum atomic E-state index is -0.0207. The quantitative estimate of drug-likeness (QED) is 0.746. The Bertz CT molecular complexity index is 754. The minimum Gasteiger partial charge on any atom is -0.488 e. The molecule has 0 bridgehead atoms. The fourth-order valence-electron chi connectivity index (χ4n) is 2.33. The summed E-state index contributed by atoms with van der Waals surface area (Å²) in [5.41, 5.74) is 1.95. The van der Waals surface area contributed by atoms with E-state index in [0.29, 0.717) is 6.61 Å². The zero-order chi connectivity index (χ0) is 14.7. The first-order valence-corrected chi connectivity index (χ1v) is 7.56. The lowest BCUT2D eigenvalue weighted by Crippen LogP contribution is -1.98. The summed E-state index contributed by atoms with van der Waals surface area (Å²) >= 11 is 3.56. The van der Waals surface area contributed by atoms with Crippen LogP contribution in [0.5, 0.6) is 5.75 Å². The number of benzene rings is 3. The van der Waals surface area contributed by atoms with Gasteiger partial charge < -0.3 is 9.84 Å². The van der Waals surface area contributed by atoms with Gasteiger partial charge >= 0.3 is 0 Å². The van der Waals surface area contributed by atoms with Gasteiger partial charge in [-0.3, -0.25) is 0 Å². The maximum atomic E-state index is 9.50. The van der Waals surface area contributed by atoms with Crippen LogP contribution in [0.2, 0.25) is 0 Å². The summed E-state index contributed by atoms with van der Waals surface area (Å²) in [6.45, 7) is 0.491. The lowest BCUT2D eigenvalue weighted by molar-refractivity contribution is 0.278. The zero-order valence-corrected chi connectivity index (χ0v) is 13.0. The fourth-order valence-corrected chi connectivity index (χ4v) is 2.92. The molecule has 0 saturated carbocycles. The maximum absolute atomic E-state index is 9.50. The highest BCUT2D eigenvalue weighted by atomic mass is 79.9. The van der Waals surface area contributed by atoms with Crippen molar-refractivity contribution in [1.29, 1.82) is 0 Å². The number of ether oxygens (including phenoxy) is 1. The minimum absolute atomic E-state index is 0.0207. The van der Waals surface area contributed by atoms with E-state index >= 15 is 0 Å². The van der Waals surface area contributed by atoms with Crippen molar-refractivity contribution in [2.24, 2.45) is 0 Å². The summed E-state index contributed by atoms with van der Waals surface area (Å²) in [5, 5.41) is 11.6. The molecule has 0 aliphatic carbocycles. The standard InChI is InChI=1S/C18H15BrO2/c19-18-14(11-20)10-17(15-8-4-5-9-16(15)18)21-12-13-6-2-1-3-7-13/h1-10,20H,11-12H2. The van der Waals surface area contributed by atoms with E-state index < -0.39 is 0 Å². The molecular weight excluding hydrogens is 328 g/mol. The van der Waals surface area contributed by atoms with Crippen molar-refractivity contribution in [3.05, 3.63) is 76.3 Å². The van der Waals surface area contributed by atoms with E-state index in [4.69, 9.17) is 4.74 Å². The second-order valence-electron chi connectivity index (χ2n) is 4.83. The Morgan fingerprint density at radius 1 is 0.905 bits per heavy atom. The van der Waals surface area contributed by atoms with Crippen LogP contribution in [0, 0.1) is 0 Å². The first-order chi connectivity index (χ1) is 10.3. The third-order valence-corrected chi connectivity index (χ3v) is 4.36. The highest BCUT2D eigenvalue weighted by Crippen LogP contribution is 2.35. The Labute approximate surface area is 132 Å². The monoisotopic (exact) mass is 342 g/mol. The van der Waals surface area contributed by atoms with Crippen molar-refractivity contribution in [3.8, 4) is 5.75 Å². The molecule has 0 radical (unpaired) electrons. The van der Waals surface area contributed by atoms with Crippen LogP contribution in [0.4, 0.5) is 0 Å². The summed E-state index contributed by atoms with van der Waals surface area (Å²) in [7, 11) is 0. The molecule has 3 aromatic rings. The Balaban J connectivity index is 1.99. The van der Waals surface area contributed by atoms with Gasteiger partial charge in [0.2, 0.25) is 0 Å². The molecule has 1 N–H and O–H groups in total. The molecule has 106 valence electrons. The third kappa shape index (κ3) is 2.94. The van der Waals surface area contributed by atoms with Gasteiger partial charge in [-0.25, -0.2) is 0 Å². The first kappa shape index (κ1) is 14.1. The summed E-state index contributed by atoms with van der Waals surface area (Å²) in [4.78, 5) is 0. The first-order valence-electron chi connectivity index (χ1n) is 6.77. The van der Waals surface area contributed by atoms with E-state index in [1.165, 1.54) is 0 Å². The van der Waals surface area contributed by atoms with E-state index in [1.54, 1.807) is 0 Å². The molecule has 2 nitrogen and oxygen atoms in total. The topological polar surface area (TPSA) is 29.5 Å². The number of aliphatic hydroxyl groups excluding tert-OH is 1. The molecule has 0 aliphatic heterocycles. The van der Waals surface area contributed by atoms with E-state index in [1.807, 2.05) is 60.7 Å². The van der Waals surface area contributed by atoms with Crippen LogP contribution < -0.4 is 4.74 Å². The van der Waals surface area contributed by atoms with Gasteiger partial charge in [0.1, 0.15) is 12.4 Å². The summed E-state index contributed by atoms with van der Waals surface area (Å²) in [6, 6.07) is 20.0. The molecule has 0 fully saturated rings. The number of rotatable bonds is 4. The van der Waals surface area contributed by atoms with E-state index in [9.17, 15) is 5.11 Å². The smallest absolute Gasteiger partial charge is 0.128 e. The maximum Gasteiger partial charge on any atom is 0.128 e. The van der Waals surface area contributed by atoms with Crippen molar-refractivity contribution in [2.75, 3.05) is 0 Å². The predicted octanol–water partition coefficient (Wildman–Crippen LogP) is 4.67. The Morgan fingerprint density at radius 3 is 2.29 bits per heavy atom. The molecule has 0 unspecified atom stereocenters. The summed E-state index contributed by atoms with van der Waals surface area (Å²) in [5.74, 6) is 0.793. The molecule has 3 heteroatoms. The Hall–Kier alpha value is -1.84. The third-order valence-electron chi connectivity index (χ3n) is 3.42. The zero-order valence-electron chi connectivity index (χ0n) is 11.4. The molecule has 0 aliphatic rings. The van der Waals surface area contributed by atoms with Crippen LogP contribution in [-0.4, -0.2) is 5.11 Å². The van der Waals surface area contributed by atoms with Gasteiger partial charge in [0.05, 0.1) is 6.61 Å². The van der Waals surface area contributed by atoms with E-state index in [-0.39, 0.29) is 6.61 Å². The second kappa shape index (κ2) is 6.29. The van der Waals surface area contributed by atoms with Gasteiger partial charge in [-0.05, 0) is 38.5 Å². The van der Waals surface area contributed by atoms with Crippen LogP contribution >= 0.6 is 15.9 Å². The highest BCUT2D eigenvalue weighted by Gasteiger charge is 2.10. The van der Waals surface area contributed by atoms with Crippen molar-refractivity contribution >= 4 is 26.7 Å². The molecule has 3 aromatic carbocycles. The van der Waals surface area contributed by atoms with Gasteiger partial charge in [0.15, 0.2) is 0 Å². The van der Waals surface area contributed by atoms with Crippen LogP contribution in [0.25, 0.3) is 10.8 Å². The Kier molecular flexibility index (Phi) is 4.23. The van der Waals surface area contributed by atoms with Crippen LogP contribution in [0.1, 0.15) is 11.1 Å². The van der Waals surface area contributed by atoms with Gasteiger partial charge in [-0.2, -0.15) is 0 Å². The number of fused-ring (bicyclic) bond motifs is 1. The molecule has 0 spiro atoms.